The lowest BCUT2D eigenvalue weighted by atomic mass is 10.0. The van der Waals surface area contributed by atoms with E-state index >= 15 is 0 Å². The Bertz CT molecular complexity index is 1100. The molecule has 3 N–H and O–H groups in total. The van der Waals surface area contributed by atoms with Crippen molar-refractivity contribution in [1.82, 2.24) is 15.3 Å². The Labute approximate surface area is 186 Å². The van der Waals surface area contributed by atoms with Gasteiger partial charge in [-0.25, -0.2) is 0 Å². The molecule has 7 nitrogen and oxygen atoms in total. The standard InChI is InChI=1S/C23H25N5O2S/c1-4-20(29)26-16-11-9-15(13-19(16)30-3)28-22(18-10-8-14(2)25-18)21(27-23(28)31)17-7-5-6-12-24-17/h5-13,21-22,25H,4H2,1-3H3,(H,26,29)(H,27,31)/t21-,22+/m1/s1. The summed E-state index contributed by atoms with van der Waals surface area (Å²) in [5.41, 5.74) is 4.50. The fourth-order valence-electron chi connectivity index (χ4n) is 3.82. The minimum Gasteiger partial charge on any atom is -0.494 e. The van der Waals surface area contributed by atoms with Gasteiger partial charge in [-0.1, -0.05) is 13.0 Å². The van der Waals surface area contributed by atoms with Crippen LogP contribution in [0.5, 0.6) is 5.75 Å². The molecule has 1 saturated heterocycles. The van der Waals surface area contributed by atoms with Crippen molar-refractivity contribution >= 4 is 34.6 Å². The lowest BCUT2D eigenvalue weighted by Crippen LogP contribution is -2.29. The highest BCUT2D eigenvalue weighted by atomic mass is 32.1. The van der Waals surface area contributed by atoms with E-state index in [0.29, 0.717) is 23.0 Å². The molecule has 0 unspecified atom stereocenters. The zero-order chi connectivity index (χ0) is 22.0. The Hall–Kier alpha value is -3.39. The van der Waals surface area contributed by atoms with Gasteiger partial charge in [-0.05, 0) is 55.5 Å². The first kappa shape index (κ1) is 20.9. The fraction of sp³-hybridized carbons (Fsp3) is 0.261. The number of nitrogens with zero attached hydrogens (tertiary/aromatic N) is 2. The summed E-state index contributed by atoms with van der Waals surface area (Å²) in [6, 6.07) is 15.4. The van der Waals surface area contributed by atoms with Crippen LogP contribution < -0.4 is 20.3 Å². The first-order chi connectivity index (χ1) is 15.0. The molecule has 1 aliphatic heterocycles. The molecular weight excluding hydrogens is 410 g/mol. The molecule has 31 heavy (non-hydrogen) atoms. The molecule has 1 fully saturated rings. The second-order valence-electron chi connectivity index (χ2n) is 7.38. The Morgan fingerprint density at radius 2 is 2.10 bits per heavy atom. The Kier molecular flexibility index (Phi) is 5.90. The van der Waals surface area contributed by atoms with Crippen molar-refractivity contribution in [2.24, 2.45) is 0 Å². The van der Waals surface area contributed by atoms with E-state index in [1.807, 2.05) is 56.3 Å². The molecule has 1 aromatic carbocycles. The number of amides is 1. The molecule has 3 aromatic rings. The van der Waals surface area contributed by atoms with E-state index in [-0.39, 0.29) is 18.0 Å². The molecule has 0 aliphatic carbocycles. The van der Waals surface area contributed by atoms with Crippen LogP contribution in [-0.4, -0.2) is 28.1 Å². The van der Waals surface area contributed by atoms with Gasteiger partial charge >= 0.3 is 0 Å². The van der Waals surface area contributed by atoms with Crippen LogP contribution in [0.4, 0.5) is 11.4 Å². The van der Waals surface area contributed by atoms with Gasteiger partial charge in [0, 0.05) is 35.8 Å². The van der Waals surface area contributed by atoms with E-state index in [9.17, 15) is 4.79 Å². The van der Waals surface area contributed by atoms with Crippen LogP contribution in [-0.2, 0) is 4.79 Å². The molecule has 0 radical (unpaired) electrons. The van der Waals surface area contributed by atoms with Gasteiger partial charge in [0.25, 0.3) is 0 Å². The summed E-state index contributed by atoms with van der Waals surface area (Å²) < 4.78 is 5.56. The van der Waals surface area contributed by atoms with Gasteiger partial charge in [0.2, 0.25) is 5.91 Å². The first-order valence-electron chi connectivity index (χ1n) is 10.2. The summed E-state index contributed by atoms with van der Waals surface area (Å²) in [6.07, 6.45) is 2.18. The van der Waals surface area contributed by atoms with E-state index in [0.717, 1.165) is 22.8 Å². The zero-order valence-electron chi connectivity index (χ0n) is 17.7. The summed E-state index contributed by atoms with van der Waals surface area (Å²) in [5.74, 6) is 0.504. The van der Waals surface area contributed by atoms with Gasteiger partial charge in [-0.15, -0.1) is 0 Å². The number of H-pyrrole nitrogens is 1. The van der Waals surface area contributed by atoms with Gasteiger partial charge < -0.3 is 25.3 Å². The molecule has 4 rings (SSSR count). The number of rotatable bonds is 6. The van der Waals surface area contributed by atoms with E-state index in [1.54, 1.807) is 13.3 Å². The summed E-state index contributed by atoms with van der Waals surface area (Å²) in [4.78, 5) is 21.9. The minimum atomic E-state index is -0.128. The molecule has 2 atom stereocenters. The van der Waals surface area contributed by atoms with Gasteiger partial charge in [0.15, 0.2) is 5.11 Å². The van der Waals surface area contributed by atoms with Crippen molar-refractivity contribution < 1.29 is 9.53 Å². The van der Waals surface area contributed by atoms with Crippen LogP contribution in [0.1, 0.15) is 42.5 Å². The first-order valence-corrected chi connectivity index (χ1v) is 10.6. The third-order valence-electron chi connectivity index (χ3n) is 5.33. The summed E-state index contributed by atoms with van der Waals surface area (Å²) in [6.45, 7) is 3.84. The number of aromatic nitrogens is 2. The minimum absolute atomic E-state index is 0.0700. The molecule has 0 spiro atoms. The molecule has 160 valence electrons. The number of aromatic amines is 1. The number of methoxy groups -OCH3 is 1. The van der Waals surface area contributed by atoms with E-state index in [1.165, 1.54) is 0 Å². The number of nitrogens with one attached hydrogen (secondary N) is 3. The highest BCUT2D eigenvalue weighted by Crippen LogP contribution is 2.42. The van der Waals surface area contributed by atoms with Gasteiger partial charge in [0.1, 0.15) is 11.8 Å². The van der Waals surface area contributed by atoms with Gasteiger partial charge in [0.05, 0.1) is 24.5 Å². The number of aryl methyl sites for hydroxylation is 1. The summed E-state index contributed by atoms with van der Waals surface area (Å²) in [7, 11) is 1.59. The SMILES string of the molecule is CCC(=O)Nc1ccc(N2C(=S)N[C@H](c3ccccn3)[C@@H]2c2ccc(C)[nH]2)cc1OC. The number of pyridine rings is 1. The third kappa shape index (κ3) is 4.11. The number of thiocarbonyl (C=S) groups is 1. The van der Waals surface area contributed by atoms with Crippen molar-refractivity contribution in [3.05, 3.63) is 71.8 Å². The molecule has 2 aromatic heterocycles. The fourth-order valence-corrected chi connectivity index (χ4v) is 4.16. The largest absolute Gasteiger partial charge is 0.494 e. The Morgan fingerprint density at radius 1 is 1.26 bits per heavy atom. The molecule has 3 heterocycles. The van der Waals surface area contributed by atoms with Crippen molar-refractivity contribution in [2.75, 3.05) is 17.3 Å². The maximum atomic E-state index is 11.9. The maximum absolute atomic E-state index is 11.9. The molecule has 1 aliphatic rings. The number of hydrogen-bond donors (Lipinski definition) is 3. The quantitative estimate of drug-likeness (QED) is 0.502. The van der Waals surface area contributed by atoms with E-state index < -0.39 is 0 Å². The molecule has 0 saturated carbocycles. The number of anilines is 2. The highest BCUT2D eigenvalue weighted by molar-refractivity contribution is 7.80. The third-order valence-corrected chi connectivity index (χ3v) is 5.64. The number of hydrogen-bond acceptors (Lipinski definition) is 4. The van der Waals surface area contributed by atoms with Crippen molar-refractivity contribution in [2.45, 2.75) is 32.4 Å². The molecule has 0 bridgehead atoms. The molecular formula is C23H25N5O2S. The maximum Gasteiger partial charge on any atom is 0.224 e. The lowest BCUT2D eigenvalue weighted by Gasteiger charge is -2.27. The van der Waals surface area contributed by atoms with Crippen LogP contribution in [0, 0.1) is 6.92 Å². The smallest absolute Gasteiger partial charge is 0.224 e. The number of carbonyl (C=O) groups is 1. The predicted molar refractivity (Wildman–Crippen MR) is 125 cm³/mol. The second-order valence-corrected chi connectivity index (χ2v) is 7.77. The normalized spacial score (nSPS) is 18.0. The topological polar surface area (TPSA) is 82.3 Å². The molecule has 1 amide bonds. The lowest BCUT2D eigenvalue weighted by molar-refractivity contribution is -0.115. The van der Waals surface area contributed by atoms with E-state index in [4.69, 9.17) is 17.0 Å². The van der Waals surface area contributed by atoms with Crippen LogP contribution in [0.25, 0.3) is 0 Å². The van der Waals surface area contributed by atoms with Gasteiger partial charge in [-0.3, -0.25) is 9.78 Å². The van der Waals surface area contributed by atoms with Crippen LogP contribution >= 0.6 is 12.2 Å². The van der Waals surface area contributed by atoms with Crippen LogP contribution in [0.2, 0.25) is 0 Å². The predicted octanol–water partition coefficient (Wildman–Crippen LogP) is 4.25. The second kappa shape index (κ2) is 8.77. The average Bonchev–Trinajstić information content (AvgIpc) is 3.37. The number of carbonyl (C=O) groups excluding carboxylic acids is 1. The highest BCUT2D eigenvalue weighted by Gasteiger charge is 2.41. The average molecular weight is 436 g/mol. The summed E-state index contributed by atoms with van der Waals surface area (Å²) >= 11 is 5.75. The summed E-state index contributed by atoms with van der Waals surface area (Å²) in [5, 5.41) is 6.91. The van der Waals surface area contributed by atoms with Gasteiger partial charge in [-0.2, -0.15) is 0 Å². The van der Waals surface area contributed by atoms with Crippen molar-refractivity contribution in [3.63, 3.8) is 0 Å². The Morgan fingerprint density at radius 3 is 2.74 bits per heavy atom. The van der Waals surface area contributed by atoms with E-state index in [2.05, 4.69) is 31.6 Å². The van der Waals surface area contributed by atoms with Crippen molar-refractivity contribution in [3.8, 4) is 5.75 Å². The number of benzene rings is 1. The number of ether oxygens (including phenoxy) is 1. The van der Waals surface area contributed by atoms with Crippen molar-refractivity contribution in [1.29, 1.82) is 0 Å². The van der Waals surface area contributed by atoms with Crippen LogP contribution in [0.3, 0.4) is 0 Å². The van der Waals surface area contributed by atoms with Crippen LogP contribution in [0.15, 0.2) is 54.7 Å². The Balaban J connectivity index is 1.76. The monoisotopic (exact) mass is 435 g/mol. The molecule has 8 heteroatoms. The zero-order valence-corrected chi connectivity index (χ0v) is 18.5.